The fourth-order valence-electron chi connectivity index (χ4n) is 2.31. The van der Waals surface area contributed by atoms with Gasteiger partial charge in [0, 0.05) is 5.56 Å². The summed E-state index contributed by atoms with van der Waals surface area (Å²) in [7, 11) is 1.62. The van der Waals surface area contributed by atoms with Crippen molar-refractivity contribution in [3.8, 4) is 17.1 Å². The van der Waals surface area contributed by atoms with E-state index in [4.69, 9.17) is 4.74 Å². The summed E-state index contributed by atoms with van der Waals surface area (Å²) in [6.07, 6.45) is 0. The molecule has 3 aromatic rings. The summed E-state index contributed by atoms with van der Waals surface area (Å²) in [4.78, 5) is 18.8. The summed E-state index contributed by atoms with van der Waals surface area (Å²) in [5.74, 6) is 0.406. The van der Waals surface area contributed by atoms with Crippen molar-refractivity contribution in [3.05, 3.63) is 47.5 Å². The third kappa shape index (κ3) is 2.23. The third-order valence-corrected chi connectivity index (χ3v) is 3.42. The van der Waals surface area contributed by atoms with Crippen LogP contribution in [0, 0.1) is 6.92 Å². The second kappa shape index (κ2) is 4.94. The molecule has 0 aliphatic heterocycles. The number of hydrogen-bond donors (Lipinski definition) is 2. The van der Waals surface area contributed by atoms with Crippen molar-refractivity contribution in [1.82, 2.24) is 9.97 Å². The Hall–Kier alpha value is -2.82. The molecule has 0 saturated carbocycles. The number of para-hydroxylation sites is 1. The Labute approximate surface area is 121 Å². The summed E-state index contributed by atoms with van der Waals surface area (Å²) in [6, 6.07) is 10.8. The number of rotatable bonds is 3. The first-order valence-electron chi connectivity index (χ1n) is 6.47. The van der Waals surface area contributed by atoms with E-state index in [-0.39, 0.29) is 5.56 Å². The van der Waals surface area contributed by atoms with Gasteiger partial charge in [-0.25, -0.2) is 9.78 Å². The van der Waals surface area contributed by atoms with E-state index in [1.807, 2.05) is 31.2 Å². The van der Waals surface area contributed by atoms with E-state index in [1.165, 1.54) is 0 Å². The lowest BCUT2D eigenvalue weighted by atomic mass is 10.1. The number of benzene rings is 2. The summed E-state index contributed by atoms with van der Waals surface area (Å²) in [6.45, 7) is 1.96. The highest BCUT2D eigenvalue weighted by atomic mass is 16.5. The Bertz CT molecular complexity index is 837. The van der Waals surface area contributed by atoms with Crippen molar-refractivity contribution >= 4 is 17.0 Å². The summed E-state index contributed by atoms with van der Waals surface area (Å²) in [5.41, 5.74) is 3.23. The molecule has 3 rings (SSSR count). The maximum Gasteiger partial charge on any atom is 0.337 e. The molecule has 0 aliphatic carbocycles. The van der Waals surface area contributed by atoms with Crippen molar-refractivity contribution < 1.29 is 14.6 Å². The number of aromatic carboxylic acids is 1. The predicted octanol–water partition coefficient (Wildman–Crippen LogP) is 3.25. The molecule has 1 aromatic heterocycles. The number of fused-ring (bicyclic) bond motifs is 1. The van der Waals surface area contributed by atoms with Gasteiger partial charge in [0.2, 0.25) is 0 Å². The molecule has 5 nitrogen and oxygen atoms in total. The fraction of sp³-hybridized carbons (Fsp3) is 0.125. The lowest BCUT2D eigenvalue weighted by Gasteiger charge is -2.05. The molecule has 2 aromatic carbocycles. The molecule has 0 fully saturated rings. The number of methoxy groups -OCH3 is 1. The van der Waals surface area contributed by atoms with Crippen molar-refractivity contribution in [3.63, 3.8) is 0 Å². The molecular formula is C16H14N2O3. The van der Waals surface area contributed by atoms with Gasteiger partial charge >= 0.3 is 5.97 Å². The van der Waals surface area contributed by atoms with Crippen LogP contribution in [-0.4, -0.2) is 28.2 Å². The van der Waals surface area contributed by atoms with Crippen molar-refractivity contribution in [2.45, 2.75) is 6.92 Å². The Balaban J connectivity index is 2.17. The number of aryl methyl sites for hydroxylation is 1. The zero-order valence-electron chi connectivity index (χ0n) is 11.7. The molecule has 1 heterocycles. The van der Waals surface area contributed by atoms with Crippen molar-refractivity contribution in [2.75, 3.05) is 7.11 Å². The number of carboxylic acids is 1. The van der Waals surface area contributed by atoms with Crippen LogP contribution in [0.3, 0.4) is 0 Å². The summed E-state index contributed by atoms with van der Waals surface area (Å²) < 4.78 is 5.31. The third-order valence-electron chi connectivity index (χ3n) is 3.42. The van der Waals surface area contributed by atoms with Crippen LogP contribution in [-0.2, 0) is 0 Å². The summed E-state index contributed by atoms with van der Waals surface area (Å²) in [5, 5.41) is 9.21. The highest BCUT2D eigenvalue weighted by molar-refractivity contribution is 6.01. The van der Waals surface area contributed by atoms with Crippen molar-refractivity contribution in [2.24, 2.45) is 0 Å². The van der Waals surface area contributed by atoms with Crippen molar-refractivity contribution in [1.29, 1.82) is 0 Å². The van der Waals surface area contributed by atoms with E-state index in [1.54, 1.807) is 19.2 Å². The Morgan fingerprint density at radius 3 is 2.81 bits per heavy atom. The van der Waals surface area contributed by atoms with Crippen LogP contribution in [0.1, 0.15) is 15.9 Å². The van der Waals surface area contributed by atoms with E-state index in [0.29, 0.717) is 16.9 Å². The molecule has 0 radical (unpaired) electrons. The number of aromatic nitrogens is 2. The van der Waals surface area contributed by atoms with Crippen LogP contribution >= 0.6 is 0 Å². The number of nitrogens with one attached hydrogen (secondary N) is 1. The number of carboxylic acid groups (broad SMARTS) is 1. The lowest BCUT2D eigenvalue weighted by molar-refractivity contribution is 0.0699. The quantitative estimate of drug-likeness (QED) is 0.773. The SMILES string of the molecule is COc1cc(-c2nc3c(C(=O)O)cccc3[nH]2)ccc1C. The Kier molecular flexibility index (Phi) is 3.10. The monoisotopic (exact) mass is 282 g/mol. The van der Waals surface area contributed by atoms with Gasteiger partial charge in [-0.05, 0) is 30.7 Å². The van der Waals surface area contributed by atoms with Gasteiger partial charge in [-0.15, -0.1) is 0 Å². The van der Waals surface area contributed by atoms with Gasteiger partial charge in [0.25, 0.3) is 0 Å². The number of ether oxygens (including phenoxy) is 1. The smallest absolute Gasteiger partial charge is 0.337 e. The first-order chi connectivity index (χ1) is 10.1. The van der Waals surface area contributed by atoms with Gasteiger partial charge in [-0.3, -0.25) is 0 Å². The number of H-pyrrole nitrogens is 1. The van der Waals surface area contributed by atoms with E-state index in [9.17, 15) is 9.90 Å². The molecule has 21 heavy (non-hydrogen) atoms. The van der Waals surface area contributed by atoms with Gasteiger partial charge in [0.1, 0.15) is 17.1 Å². The first-order valence-corrected chi connectivity index (χ1v) is 6.47. The zero-order valence-corrected chi connectivity index (χ0v) is 11.7. The topological polar surface area (TPSA) is 75.2 Å². The molecule has 0 aliphatic rings. The maximum absolute atomic E-state index is 11.2. The average molecular weight is 282 g/mol. The Morgan fingerprint density at radius 1 is 1.29 bits per heavy atom. The Morgan fingerprint density at radius 2 is 2.10 bits per heavy atom. The van der Waals surface area contributed by atoms with E-state index in [2.05, 4.69) is 9.97 Å². The van der Waals surface area contributed by atoms with Crippen LogP contribution in [0.5, 0.6) is 5.75 Å². The number of nitrogens with zero attached hydrogens (tertiary/aromatic N) is 1. The molecule has 0 unspecified atom stereocenters. The number of imidazole rings is 1. The van der Waals surface area contributed by atoms with Crippen LogP contribution in [0.4, 0.5) is 0 Å². The van der Waals surface area contributed by atoms with Crippen LogP contribution in [0.15, 0.2) is 36.4 Å². The normalized spacial score (nSPS) is 10.8. The van der Waals surface area contributed by atoms with E-state index >= 15 is 0 Å². The molecule has 0 spiro atoms. The highest BCUT2D eigenvalue weighted by Gasteiger charge is 2.13. The second-order valence-electron chi connectivity index (χ2n) is 4.78. The second-order valence-corrected chi connectivity index (χ2v) is 4.78. The van der Waals surface area contributed by atoms with Crippen LogP contribution < -0.4 is 4.74 Å². The zero-order chi connectivity index (χ0) is 15.0. The standard InChI is InChI=1S/C16H14N2O3/c1-9-6-7-10(8-13(9)21-2)15-17-12-5-3-4-11(16(19)20)14(12)18-15/h3-8H,1-2H3,(H,17,18)(H,19,20). The molecule has 0 saturated heterocycles. The van der Waals surface area contributed by atoms with Gasteiger partial charge in [0.05, 0.1) is 18.2 Å². The minimum atomic E-state index is -0.986. The minimum Gasteiger partial charge on any atom is -0.496 e. The van der Waals surface area contributed by atoms with Gasteiger partial charge in [0.15, 0.2) is 0 Å². The molecule has 0 atom stereocenters. The summed E-state index contributed by atoms with van der Waals surface area (Å²) >= 11 is 0. The number of aromatic amines is 1. The van der Waals surface area contributed by atoms with Gasteiger partial charge in [-0.1, -0.05) is 18.2 Å². The highest BCUT2D eigenvalue weighted by Crippen LogP contribution is 2.27. The molecule has 0 bridgehead atoms. The molecule has 2 N–H and O–H groups in total. The van der Waals surface area contributed by atoms with Gasteiger partial charge in [-0.2, -0.15) is 0 Å². The van der Waals surface area contributed by atoms with E-state index < -0.39 is 5.97 Å². The van der Waals surface area contributed by atoms with Gasteiger partial charge < -0.3 is 14.8 Å². The first kappa shape index (κ1) is 13.2. The minimum absolute atomic E-state index is 0.189. The van der Waals surface area contributed by atoms with Crippen LogP contribution in [0.2, 0.25) is 0 Å². The predicted molar refractivity (Wildman–Crippen MR) is 79.8 cm³/mol. The lowest BCUT2D eigenvalue weighted by Crippen LogP contribution is -1.96. The number of carbonyl (C=O) groups is 1. The number of hydrogen-bond acceptors (Lipinski definition) is 3. The largest absolute Gasteiger partial charge is 0.496 e. The molecule has 0 amide bonds. The average Bonchev–Trinajstić information content (AvgIpc) is 2.91. The molecule has 5 heteroatoms. The molecule has 106 valence electrons. The van der Waals surface area contributed by atoms with E-state index in [0.717, 1.165) is 16.9 Å². The van der Waals surface area contributed by atoms with Crippen LogP contribution in [0.25, 0.3) is 22.4 Å². The molecular weight excluding hydrogens is 268 g/mol. The maximum atomic E-state index is 11.2. The fourth-order valence-corrected chi connectivity index (χ4v) is 2.31.